The van der Waals surface area contributed by atoms with Gasteiger partial charge in [0.25, 0.3) is 15.9 Å². The summed E-state index contributed by atoms with van der Waals surface area (Å²) in [5.41, 5.74) is 2.69. The number of halogens is 1. The van der Waals surface area contributed by atoms with Crippen LogP contribution in [0.25, 0.3) is 0 Å². The van der Waals surface area contributed by atoms with Gasteiger partial charge in [0.15, 0.2) is 0 Å². The van der Waals surface area contributed by atoms with Crippen LogP contribution in [0.5, 0.6) is 0 Å². The van der Waals surface area contributed by atoms with Gasteiger partial charge in [-0.15, -0.1) is 0 Å². The number of anilines is 1. The lowest BCUT2D eigenvalue weighted by Gasteiger charge is -2.23. The number of nitrogens with zero attached hydrogens (tertiary/aromatic N) is 1. The van der Waals surface area contributed by atoms with Crippen LogP contribution in [0, 0.1) is 13.8 Å². The molecule has 0 saturated carbocycles. The van der Waals surface area contributed by atoms with E-state index in [1.54, 1.807) is 12.1 Å². The fourth-order valence-electron chi connectivity index (χ4n) is 3.71. The average molecular weight is 450 g/mol. The topological polar surface area (TPSA) is 78.5 Å². The van der Waals surface area contributed by atoms with Crippen LogP contribution in [0.3, 0.4) is 0 Å². The number of amides is 1. The standard InChI is InChI=1S/C22H28ClN3O3S/c1-4-26-11-5-6-18(26)14-24-22(27)20-13-19(9-10-21(20)23)30(28,29)25-17-8-7-15(2)16(3)12-17/h7-10,12-13,18,25H,4-6,11,14H2,1-3H3,(H,24,27). The Kier molecular flexibility index (Phi) is 7.06. The molecule has 30 heavy (non-hydrogen) atoms. The summed E-state index contributed by atoms with van der Waals surface area (Å²) in [4.78, 5) is 15.0. The third-order valence-corrected chi connectivity index (χ3v) is 7.36. The van der Waals surface area contributed by atoms with Crippen molar-refractivity contribution in [2.75, 3.05) is 24.4 Å². The second-order valence-electron chi connectivity index (χ2n) is 7.68. The second kappa shape index (κ2) is 9.37. The summed E-state index contributed by atoms with van der Waals surface area (Å²) in [6, 6.07) is 9.82. The summed E-state index contributed by atoms with van der Waals surface area (Å²) in [7, 11) is -3.86. The summed E-state index contributed by atoms with van der Waals surface area (Å²) in [6.45, 7) is 8.48. The van der Waals surface area contributed by atoms with E-state index < -0.39 is 10.0 Å². The zero-order valence-electron chi connectivity index (χ0n) is 17.5. The first-order chi connectivity index (χ1) is 14.2. The minimum Gasteiger partial charge on any atom is -0.350 e. The van der Waals surface area contributed by atoms with Gasteiger partial charge in [0.05, 0.1) is 15.5 Å². The van der Waals surface area contributed by atoms with Crippen molar-refractivity contribution in [3.8, 4) is 0 Å². The molecule has 1 amide bonds. The first-order valence-corrected chi connectivity index (χ1v) is 12.0. The Labute approximate surface area is 183 Å². The van der Waals surface area contributed by atoms with E-state index >= 15 is 0 Å². The number of rotatable bonds is 7. The Morgan fingerprint density at radius 2 is 1.93 bits per heavy atom. The quantitative estimate of drug-likeness (QED) is 0.670. The number of hydrogen-bond acceptors (Lipinski definition) is 4. The first-order valence-electron chi connectivity index (χ1n) is 10.1. The van der Waals surface area contributed by atoms with Crippen LogP contribution in [-0.4, -0.2) is 44.9 Å². The lowest BCUT2D eigenvalue weighted by molar-refractivity contribution is 0.0941. The van der Waals surface area contributed by atoms with E-state index in [9.17, 15) is 13.2 Å². The van der Waals surface area contributed by atoms with Crippen LogP contribution in [-0.2, 0) is 10.0 Å². The third kappa shape index (κ3) is 5.14. The summed E-state index contributed by atoms with van der Waals surface area (Å²) in [5, 5.41) is 3.13. The molecule has 162 valence electrons. The Hall–Kier alpha value is -2.09. The predicted octanol–water partition coefficient (Wildman–Crippen LogP) is 3.97. The van der Waals surface area contributed by atoms with Gasteiger partial charge in [0, 0.05) is 18.3 Å². The van der Waals surface area contributed by atoms with Gasteiger partial charge in [-0.05, 0) is 81.2 Å². The number of aryl methyl sites for hydroxylation is 2. The lowest BCUT2D eigenvalue weighted by atomic mass is 10.1. The maximum Gasteiger partial charge on any atom is 0.261 e. The highest BCUT2D eigenvalue weighted by Gasteiger charge is 2.24. The molecule has 2 N–H and O–H groups in total. The largest absolute Gasteiger partial charge is 0.350 e. The van der Waals surface area contributed by atoms with E-state index in [0.29, 0.717) is 18.3 Å². The monoisotopic (exact) mass is 449 g/mol. The smallest absolute Gasteiger partial charge is 0.261 e. The van der Waals surface area contributed by atoms with Crippen LogP contribution in [0.2, 0.25) is 5.02 Å². The third-order valence-electron chi connectivity index (χ3n) is 5.66. The Morgan fingerprint density at radius 1 is 1.17 bits per heavy atom. The molecule has 0 aromatic heterocycles. The van der Waals surface area contributed by atoms with Crippen LogP contribution in [0.1, 0.15) is 41.3 Å². The van der Waals surface area contributed by atoms with E-state index in [1.165, 1.54) is 18.2 Å². The normalized spacial score (nSPS) is 17.1. The van der Waals surface area contributed by atoms with E-state index in [1.807, 2.05) is 19.9 Å². The molecule has 0 radical (unpaired) electrons. The van der Waals surface area contributed by atoms with Crippen molar-refractivity contribution in [1.82, 2.24) is 10.2 Å². The molecule has 1 unspecified atom stereocenters. The highest BCUT2D eigenvalue weighted by molar-refractivity contribution is 7.92. The van der Waals surface area contributed by atoms with Crippen molar-refractivity contribution in [1.29, 1.82) is 0 Å². The van der Waals surface area contributed by atoms with Crippen LogP contribution in [0.15, 0.2) is 41.3 Å². The molecule has 0 aliphatic carbocycles. The average Bonchev–Trinajstić information content (AvgIpc) is 3.16. The Balaban J connectivity index is 1.76. The number of likely N-dealkylation sites (tertiary alicyclic amines) is 1. The molecule has 2 aromatic carbocycles. The van der Waals surface area contributed by atoms with Gasteiger partial charge in [-0.1, -0.05) is 24.6 Å². The summed E-state index contributed by atoms with van der Waals surface area (Å²) in [5.74, 6) is -0.369. The zero-order chi connectivity index (χ0) is 21.9. The molecular formula is C22H28ClN3O3S. The predicted molar refractivity (Wildman–Crippen MR) is 121 cm³/mol. The molecule has 1 fully saturated rings. The van der Waals surface area contributed by atoms with Gasteiger partial charge >= 0.3 is 0 Å². The van der Waals surface area contributed by atoms with Crippen LogP contribution < -0.4 is 10.0 Å². The Bertz CT molecular complexity index is 1040. The highest BCUT2D eigenvalue weighted by atomic mass is 35.5. The second-order valence-corrected chi connectivity index (χ2v) is 9.77. The molecule has 2 aromatic rings. The minimum absolute atomic E-state index is 0.00803. The van der Waals surface area contributed by atoms with E-state index in [0.717, 1.165) is 37.1 Å². The van der Waals surface area contributed by atoms with Gasteiger partial charge in [-0.3, -0.25) is 14.4 Å². The number of benzene rings is 2. The maximum atomic E-state index is 12.8. The molecule has 1 atom stereocenters. The lowest BCUT2D eigenvalue weighted by Crippen LogP contribution is -2.40. The molecule has 1 heterocycles. The molecular weight excluding hydrogens is 422 g/mol. The SMILES string of the molecule is CCN1CCCC1CNC(=O)c1cc(S(=O)(=O)Nc2ccc(C)c(C)c2)ccc1Cl. The van der Waals surface area contributed by atoms with Crippen molar-refractivity contribution in [2.24, 2.45) is 0 Å². The molecule has 8 heteroatoms. The number of likely N-dealkylation sites (N-methyl/N-ethyl adjacent to an activating group) is 1. The minimum atomic E-state index is -3.86. The van der Waals surface area contributed by atoms with Crippen molar-refractivity contribution in [2.45, 2.75) is 44.6 Å². The number of nitrogens with one attached hydrogen (secondary N) is 2. The number of carbonyl (C=O) groups excluding carboxylic acids is 1. The molecule has 0 spiro atoms. The van der Waals surface area contributed by atoms with Crippen molar-refractivity contribution < 1.29 is 13.2 Å². The molecule has 3 rings (SSSR count). The Morgan fingerprint density at radius 3 is 2.63 bits per heavy atom. The molecule has 6 nitrogen and oxygen atoms in total. The van der Waals surface area contributed by atoms with Gasteiger partial charge in [-0.2, -0.15) is 0 Å². The van der Waals surface area contributed by atoms with Crippen LogP contribution in [0.4, 0.5) is 5.69 Å². The van der Waals surface area contributed by atoms with Gasteiger partial charge < -0.3 is 5.32 Å². The highest BCUT2D eigenvalue weighted by Crippen LogP contribution is 2.24. The van der Waals surface area contributed by atoms with Crippen molar-refractivity contribution in [3.63, 3.8) is 0 Å². The van der Waals surface area contributed by atoms with Crippen LogP contribution >= 0.6 is 11.6 Å². The van der Waals surface area contributed by atoms with Gasteiger partial charge in [0.2, 0.25) is 0 Å². The fraction of sp³-hybridized carbons (Fsp3) is 0.409. The number of carbonyl (C=O) groups is 1. The van der Waals surface area contributed by atoms with Gasteiger partial charge in [-0.25, -0.2) is 8.42 Å². The molecule has 1 aliphatic heterocycles. The van der Waals surface area contributed by atoms with Gasteiger partial charge in [0.1, 0.15) is 0 Å². The van der Waals surface area contributed by atoms with Crippen molar-refractivity contribution >= 4 is 33.2 Å². The number of sulfonamides is 1. The van der Waals surface area contributed by atoms with E-state index in [2.05, 4.69) is 21.9 Å². The fourth-order valence-corrected chi connectivity index (χ4v) is 4.99. The van der Waals surface area contributed by atoms with Crippen molar-refractivity contribution in [3.05, 3.63) is 58.1 Å². The summed E-state index contributed by atoms with van der Waals surface area (Å²) < 4.78 is 28.2. The molecule has 1 aliphatic rings. The zero-order valence-corrected chi connectivity index (χ0v) is 19.1. The maximum absolute atomic E-state index is 12.8. The molecule has 1 saturated heterocycles. The summed E-state index contributed by atoms with van der Waals surface area (Å²) >= 11 is 6.20. The van der Waals surface area contributed by atoms with E-state index in [4.69, 9.17) is 11.6 Å². The van der Waals surface area contributed by atoms with E-state index in [-0.39, 0.29) is 21.4 Å². The molecule has 0 bridgehead atoms. The number of hydrogen-bond donors (Lipinski definition) is 2. The first kappa shape index (κ1) is 22.6. The summed E-state index contributed by atoms with van der Waals surface area (Å²) in [6.07, 6.45) is 2.16.